The van der Waals surface area contributed by atoms with Crippen molar-refractivity contribution in [3.05, 3.63) is 42.0 Å². The van der Waals surface area contributed by atoms with Gasteiger partial charge in [-0.05, 0) is 18.1 Å². The number of hydrogen-bond donors (Lipinski definition) is 1. The number of hydrogen-bond acceptors (Lipinski definition) is 2. The predicted molar refractivity (Wildman–Crippen MR) is 70.6 cm³/mol. The smallest absolute Gasteiger partial charge is 0.158 e. The Balaban J connectivity index is 2.36. The van der Waals surface area contributed by atoms with E-state index in [1.807, 2.05) is 30.3 Å². The third kappa shape index (κ3) is 6.03. The van der Waals surface area contributed by atoms with Crippen LogP contribution in [0.3, 0.4) is 0 Å². The lowest BCUT2D eigenvalue weighted by Gasteiger charge is -2.06. The molecule has 0 bridgehead atoms. The van der Waals surface area contributed by atoms with Crippen LogP contribution in [0.4, 0.5) is 0 Å². The van der Waals surface area contributed by atoms with E-state index in [0.29, 0.717) is 6.42 Å². The van der Waals surface area contributed by atoms with E-state index in [1.54, 1.807) is 12.2 Å². The number of carbonyl (C=O) groups is 1. The molecule has 1 unspecified atom stereocenters. The summed E-state index contributed by atoms with van der Waals surface area (Å²) >= 11 is 0. The average Bonchev–Trinajstić information content (AvgIpc) is 2.35. The second-order valence-electron chi connectivity index (χ2n) is 4.21. The first-order chi connectivity index (χ1) is 8.22. The van der Waals surface area contributed by atoms with Gasteiger partial charge in [0.25, 0.3) is 0 Å². The normalized spacial score (nSPS) is 12.8. The quantitative estimate of drug-likeness (QED) is 0.733. The molecule has 1 aromatic carbocycles. The van der Waals surface area contributed by atoms with E-state index in [0.717, 1.165) is 18.4 Å². The average molecular weight is 232 g/mol. The number of unbranched alkanes of at least 4 members (excludes halogenated alkanes) is 1. The highest BCUT2D eigenvalue weighted by Gasteiger charge is 2.07. The minimum atomic E-state index is -0.497. The topological polar surface area (TPSA) is 37.3 Å². The fourth-order valence-corrected chi connectivity index (χ4v) is 1.60. The molecule has 0 aliphatic carbocycles. The summed E-state index contributed by atoms with van der Waals surface area (Å²) in [5.41, 5.74) is 1.00. The van der Waals surface area contributed by atoms with E-state index < -0.39 is 6.10 Å². The molecule has 0 saturated carbocycles. The van der Waals surface area contributed by atoms with E-state index in [4.69, 9.17) is 0 Å². The number of rotatable bonds is 7. The molecule has 1 atom stereocenters. The Kier molecular flexibility index (Phi) is 6.26. The fraction of sp³-hybridized carbons (Fsp3) is 0.400. The third-order valence-corrected chi connectivity index (χ3v) is 2.59. The van der Waals surface area contributed by atoms with E-state index in [-0.39, 0.29) is 12.2 Å². The lowest BCUT2D eigenvalue weighted by Crippen LogP contribution is -2.11. The maximum absolute atomic E-state index is 11.5. The van der Waals surface area contributed by atoms with Gasteiger partial charge in [0.1, 0.15) is 0 Å². The van der Waals surface area contributed by atoms with E-state index in [1.165, 1.54) is 0 Å². The molecule has 17 heavy (non-hydrogen) atoms. The van der Waals surface area contributed by atoms with Crippen molar-refractivity contribution < 1.29 is 9.90 Å². The van der Waals surface area contributed by atoms with Crippen molar-refractivity contribution in [3.63, 3.8) is 0 Å². The van der Waals surface area contributed by atoms with Crippen LogP contribution in [0.25, 0.3) is 6.08 Å². The van der Waals surface area contributed by atoms with Crippen LogP contribution in [-0.2, 0) is 4.79 Å². The zero-order chi connectivity index (χ0) is 12.5. The molecule has 1 rings (SSSR count). The van der Waals surface area contributed by atoms with E-state index >= 15 is 0 Å². The minimum absolute atomic E-state index is 0.0162. The molecule has 1 aromatic rings. The zero-order valence-corrected chi connectivity index (χ0v) is 10.3. The van der Waals surface area contributed by atoms with Crippen molar-refractivity contribution in [2.45, 2.75) is 38.7 Å². The molecule has 0 aliphatic rings. The molecule has 0 saturated heterocycles. The van der Waals surface area contributed by atoms with Crippen molar-refractivity contribution in [1.29, 1.82) is 0 Å². The summed E-state index contributed by atoms with van der Waals surface area (Å²) in [6.07, 6.45) is 5.79. The van der Waals surface area contributed by atoms with Gasteiger partial charge in [0.15, 0.2) is 5.78 Å². The molecular weight excluding hydrogens is 212 g/mol. The lowest BCUT2D eigenvalue weighted by atomic mass is 10.1. The Morgan fingerprint density at radius 1 is 1.35 bits per heavy atom. The van der Waals surface area contributed by atoms with Gasteiger partial charge in [-0.2, -0.15) is 0 Å². The monoisotopic (exact) mass is 232 g/mol. The summed E-state index contributed by atoms with van der Waals surface area (Å²) in [7, 11) is 0. The first-order valence-corrected chi connectivity index (χ1v) is 6.16. The molecule has 0 radical (unpaired) electrons. The molecule has 2 heteroatoms. The van der Waals surface area contributed by atoms with Crippen LogP contribution in [0.2, 0.25) is 0 Å². The van der Waals surface area contributed by atoms with Crippen molar-refractivity contribution in [2.75, 3.05) is 0 Å². The molecule has 1 N–H and O–H groups in total. The van der Waals surface area contributed by atoms with Crippen molar-refractivity contribution in [3.8, 4) is 0 Å². The molecule has 0 amide bonds. The van der Waals surface area contributed by atoms with Crippen LogP contribution in [0.15, 0.2) is 36.4 Å². The van der Waals surface area contributed by atoms with Gasteiger partial charge in [0.2, 0.25) is 0 Å². The van der Waals surface area contributed by atoms with Gasteiger partial charge < -0.3 is 5.11 Å². The zero-order valence-electron chi connectivity index (χ0n) is 10.3. The summed E-state index contributed by atoms with van der Waals surface area (Å²) in [6.45, 7) is 2.07. The summed E-state index contributed by atoms with van der Waals surface area (Å²) in [4.78, 5) is 11.5. The number of aliphatic hydroxyl groups excluding tert-OH is 1. The fourth-order valence-electron chi connectivity index (χ4n) is 1.60. The van der Waals surface area contributed by atoms with E-state index in [9.17, 15) is 9.90 Å². The predicted octanol–water partition coefficient (Wildman–Crippen LogP) is 3.21. The van der Waals surface area contributed by atoms with Crippen molar-refractivity contribution in [1.82, 2.24) is 0 Å². The Morgan fingerprint density at radius 2 is 2.06 bits per heavy atom. The van der Waals surface area contributed by atoms with Gasteiger partial charge in [-0.1, -0.05) is 56.2 Å². The number of allylic oxidation sites excluding steroid dienone is 1. The standard InChI is InChI=1S/C15H20O2/c1-2-3-9-14(16)12-15(17)11-10-13-7-5-4-6-8-13/h4-8,10-11,14,16H,2-3,9,12H2,1H3/b11-10+. The Labute approximate surface area is 103 Å². The Hall–Kier alpha value is -1.41. The highest BCUT2D eigenvalue weighted by Crippen LogP contribution is 2.06. The maximum Gasteiger partial charge on any atom is 0.158 e. The molecule has 0 heterocycles. The first kappa shape index (κ1) is 13.7. The molecular formula is C15H20O2. The summed E-state index contributed by atoms with van der Waals surface area (Å²) in [6, 6.07) is 9.68. The molecule has 0 fully saturated rings. The largest absolute Gasteiger partial charge is 0.393 e. The second kappa shape index (κ2) is 7.80. The highest BCUT2D eigenvalue weighted by molar-refractivity contribution is 5.93. The summed E-state index contributed by atoms with van der Waals surface area (Å²) < 4.78 is 0. The molecule has 92 valence electrons. The van der Waals surface area contributed by atoms with Crippen molar-refractivity contribution in [2.24, 2.45) is 0 Å². The number of aliphatic hydroxyl groups is 1. The van der Waals surface area contributed by atoms with Gasteiger partial charge in [-0.15, -0.1) is 0 Å². The minimum Gasteiger partial charge on any atom is -0.393 e. The second-order valence-corrected chi connectivity index (χ2v) is 4.21. The van der Waals surface area contributed by atoms with Gasteiger partial charge >= 0.3 is 0 Å². The van der Waals surface area contributed by atoms with Gasteiger partial charge in [-0.25, -0.2) is 0 Å². The third-order valence-electron chi connectivity index (χ3n) is 2.59. The first-order valence-electron chi connectivity index (χ1n) is 6.16. The molecule has 0 aromatic heterocycles. The Morgan fingerprint density at radius 3 is 2.71 bits per heavy atom. The lowest BCUT2D eigenvalue weighted by molar-refractivity contribution is -0.116. The van der Waals surface area contributed by atoms with Gasteiger partial charge in [0.05, 0.1) is 6.10 Å². The van der Waals surface area contributed by atoms with Gasteiger partial charge in [0, 0.05) is 6.42 Å². The van der Waals surface area contributed by atoms with Crippen LogP contribution in [0.1, 0.15) is 38.2 Å². The number of carbonyl (C=O) groups excluding carboxylic acids is 1. The molecule has 0 spiro atoms. The highest BCUT2D eigenvalue weighted by atomic mass is 16.3. The molecule has 0 aliphatic heterocycles. The number of benzene rings is 1. The van der Waals surface area contributed by atoms with Crippen LogP contribution in [0, 0.1) is 0 Å². The Bertz CT molecular complexity index is 354. The van der Waals surface area contributed by atoms with Crippen molar-refractivity contribution >= 4 is 11.9 Å². The maximum atomic E-state index is 11.5. The molecule has 2 nitrogen and oxygen atoms in total. The summed E-state index contributed by atoms with van der Waals surface area (Å²) in [5.74, 6) is -0.0162. The van der Waals surface area contributed by atoms with Crippen LogP contribution in [0.5, 0.6) is 0 Å². The van der Waals surface area contributed by atoms with Gasteiger partial charge in [-0.3, -0.25) is 4.79 Å². The van der Waals surface area contributed by atoms with E-state index in [2.05, 4.69) is 6.92 Å². The van der Waals surface area contributed by atoms with Crippen LogP contribution >= 0.6 is 0 Å². The summed E-state index contributed by atoms with van der Waals surface area (Å²) in [5, 5.41) is 9.59. The van der Waals surface area contributed by atoms with Crippen LogP contribution in [-0.4, -0.2) is 17.0 Å². The SMILES string of the molecule is CCCCC(O)CC(=O)/C=C/c1ccccc1. The van der Waals surface area contributed by atoms with Crippen LogP contribution < -0.4 is 0 Å². The number of ketones is 1.